The van der Waals surface area contributed by atoms with Crippen molar-refractivity contribution in [1.29, 1.82) is 0 Å². The predicted molar refractivity (Wildman–Crippen MR) is 69.6 cm³/mol. The number of nitrogens with two attached hydrogens (primary N) is 1. The van der Waals surface area contributed by atoms with E-state index in [9.17, 15) is 17.6 Å². The second-order valence-corrected chi connectivity index (χ2v) is 5.62. The normalized spacial score (nSPS) is 25.5. The molecule has 1 aliphatic rings. The first-order valence-electron chi connectivity index (χ1n) is 6.89. The molecular formula is C15H19F4N. The number of aryl methyl sites for hydroxylation is 1. The first-order valence-corrected chi connectivity index (χ1v) is 6.89. The molecule has 20 heavy (non-hydrogen) atoms. The highest BCUT2D eigenvalue weighted by Gasteiger charge is 2.47. The van der Waals surface area contributed by atoms with Crippen molar-refractivity contribution < 1.29 is 17.6 Å². The Morgan fingerprint density at radius 1 is 1.20 bits per heavy atom. The molecule has 0 aromatic heterocycles. The average Bonchev–Trinajstić information content (AvgIpc) is 2.37. The molecule has 0 amide bonds. The summed E-state index contributed by atoms with van der Waals surface area (Å²) < 4.78 is 52.4. The van der Waals surface area contributed by atoms with Gasteiger partial charge in [-0.05, 0) is 48.9 Å². The van der Waals surface area contributed by atoms with Crippen LogP contribution in [0.1, 0.15) is 42.9 Å². The topological polar surface area (TPSA) is 26.0 Å². The number of rotatable bonds is 2. The fourth-order valence-corrected chi connectivity index (χ4v) is 3.24. The number of halogens is 4. The van der Waals surface area contributed by atoms with Crippen LogP contribution in [0.25, 0.3) is 0 Å². The Hall–Kier alpha value is -1.10. The molecule has 5 heteroatoms. The van der Waals surface area contributed by atoms with Crippen LogP contribution in [0.5, 0.6) is 0 Å². The Bertz CT molecular complexity index is 469. The second kappa shape index (κ2) is 5.72. The Labute approximate surface area is 116 Å². The third-order valence-electron chi connectivity index (χ3n) is 4.29. The average molecular weight is 289 g/mol. The van der Waals surface area contributed by atoms with Crippen LogP contribution < -0.4 is 5.73 Å². The number of hydrogen-bond donors (Lipinski definition) is 1. The quantitative estimate of drug-likeness (QED) is 0.797. The van der Waals surface area contributed by atoms with Gasteiger partial charge in [-0.15, -0.1) is 0 Å². The lowest BCUT2D eigenvalue weighted by molar-refractivity contribution is -0.198. The Morgan fingerprint density at radius 3 is 2.45 bits per heavy atom. The van der Waals surface area contributed by atoms with Crippen LogP contribution in [0.2, 0.25) is 0 Å². The summed E-state index contributed by atoms with van der Waals surface area (Å²) in [6.45, 7) is 1.68. The third-order valence-corrected chi connectivity index (χ3v) is 4.29. The highest BCUT2D eigenvalue weighted by atomic mass is 19.4. The van der Waals surface area contributed by atoms with Crippen molar-refractivity contribution in [2.45, 2.75) is 44.8 Å². The van der Waals surface area contributed by atoms with Crippen molar-refractivity contribution >= 4 is 0 Å². The largest absolute Gasteiger partial charge is 0.392 e. The minimum atomic E-state index is -4.21. The molecule has 112 valence electrons. The maximum absolute atomic E-state index is 13.1. The monoisotopic (exact) mass is 289 g/mol. The van der Waals surface area contributed by atoms with Crippen LogP contribution >= 0.6 is 0 Å². The predicted octanol–water partition coefficient (Wildman–Crippen LogP) is 4.50. The molecule has 1 saturated carbocycles. The van der Waals surface area contributed by atoms with Crippen LogP contribution in [-0.4, -0.2) is 6.18 Å². The molecule has 1 fully saturated rings. The summed E-state index contributed by atoms with van der Waals surface area (Å²) in [4.78, 5) is 0. The smallest absolute Gasteiger partial charge is 0.324 e. The zero-order valence-corrected chi connectivity index (χ0v) is 11.4. The van der Waals surface area contributed by atoms with Crippen molar-refractivity contribution in [2.75, 3.05) is 0 Å². The van der Waals surface area contributed by atoms with Crippen molar-refractivity contribution in [2.24, 2.45) is 17.6 Å². The lowest BCUT2D eigenvalue weighted by Crippen LogP contribution is -2.39. The molecule has 2 N–H and O–H groups in total. The van der Waals surface area contributed by atoms with Gasteiger partial charge < -0.3 is 5.73 Å². The van der Waals surface area contributed by atoms with E-state index < -0.39 is 29.9 Å². The van der Waals surface area contributed by atoms with Gasteiger partial charge in [0.15, 0.2) is 0 Å². The van der Waals surface area contributed by atoms with Gasteiger partial charge >= 0.3 is 6.18 Å². The van der Waals surface area contributed by atoms with E-state index in [-0.39, 0.29) is 6.42 Å². The lowest BCUT2D eigenvalue weighted by atomic mass is 9.73. The van der Waals surface area contributed by atoms with Crippen LogP contribution in [0.3, 0.4) is 0 Å². The van der Waals surface area contributed by atoms with Crippen LogP contribution in [-0.2, 0) is 0 Å². The molecule has 1 nitrogen and oxygen atoms in total. The summed E-state index contributed by atoms with van der Waals surface area (Å²) in [5, 5.41) is 0. The van der Waals surface area contributed by atoms with Gasteiger partial charge in [0.1, 0.15) is 5.82 Å². The summed E-state index contributed by atoms with van der Waals surface area (Å²) >= 11 is 0. The van der Waals surface area contributed by atoms with E-state index in [2.05, 4.69) is 0 Å². The molecular weight excluding hydrogens is 270 g/mol. The standard InChI is InChI=1S/C15H19F4N/c1-9-8-10(16)6-7-11(9)14(20)12-4-2-3-5-13(12)15(17,18)19/h6-8,12-14H,2-5,20H2,1H3. The van der Waals surface area contributed by atoms with E-state index in [0.29, 0.717) is 24.0 Å². The van der Waals surface area contributed by atoms with Gasteiger partial charge in [0.25, 0.3) is 0 Å². The molecule has 1 aromatic rings. The fraction of sp³-hybridized carbons (Fsp3) is 0.600. The Balaban J connectivity index is 2.27. The molecule has 0 aliphatic heterocycles. The van der Waals surface area contributed by atoms with E-state index in [1.165, 1.54) is 18.2 Å². The first kappa shape index (κ1) is 15.3. The van der Waals surface area contributed by atoms with Gasteiger partial charge in [-0.1, -0.05) is 18.9 Å². The van der Waals surface area contributed by atoms with Crippen molar-refractivity contribution in [3.63, 3.8) is 0 Å². The number of alkyl halides is 3. The van der Waals surface area contributed by atoms with Crippen LogP contribution in [0.15, 0.2) is 18.2 Å². The second-order valence-electron chi connectivity index (χ2n) is 5.62. The molecule has 3 atom stereocenters. The van der Waals surface area contributed by atoms with E-state index in [0.717, 1.165) is 6.42 Å². The fourth-order valence-electron chi connectivity index (χ4n) is 3.24. The molecule has 0 heterocycles. The highest BCUT2D eigenvalue weighted by Crippen LogP contribution is 2.46. The van der Waals surface area contributed by atoms with Crippen LogP contribution in [0, 0.1) is 24.6 Å². The minimum Gasteiger partial charge on any atom is -0.324 e. The van der Waals surface area contributed by atoms with E-state index in [1.807, 2.05) is 0 Å². The summed E-state index contributed by atoms with van der Waals surface area (Å²) in [6.07, 6.45) is -2.23. The van der Waals surface area contributed by atoms with Crippen molar-refractivity contribution in [3.05, 3.63) is 35.1 Å². The summed E-state index contributed by atoms with van der Waals surface area (Å²) in [5.41, 5.74) is 7.32. The molecule has 3 unspecified atom stereocenters. The minimum absolute atomic E-state index is 0.141. The molecule has 0 saturated heterocycles. The highest BCUT2D eigenvalue weighted by molar-refractivity contribution is 5.30. The molecule has 1 aliphatic carbocycles. The summed E-state index contributed by atoms with van der Waals surface area (Å²) in [5.74, 6) is -2.36. The maximum atomic E-state index is 13.1. The van der Waals surface area contributed by atoms with E-state index in [1.54, 1.807) is 6.92 Å². The van der Waals surface area contributed by atoms with Gasteiger partial charge in [0.05, 0.1) is 5.92 Å². The van der Waals surface area contributed by atoms with Gasteiger partial charge in [0.2, 0.25) is 0 Å². The third kappa shape index (κ3) is 3.14. The van der Waals surface area contributed by atoms with E-state index >= 15 is 0 Å². The summed E-state index contributed by atoms with van der Waals surface area (Å²) in [7, 11) is 0. The van der Waals surface area contributed by atoms with Crippen LogP contribution in [0.4, 0.5) is 17.6 Å². The lowest BCUT2D eigenvalue weighted by Gasteiger charge is -2.37. The maximum Gasteiger partial charge on any atom is 0.392 e. The zero-order chi connectivity index (χ0) is 14.9. The number of benzene rings is 1. The van der Waals surface area contributed by atoms with E-state index in [4.69, 9.17) is 5.73 Å². The van der Waals surface area contributed by atoms with Gasteiger partial charge in [-0.3, -0.25) is 0 Å². The SMILES string of the molecule is Cc1cc(F)ccc1C(N)C1CCCCC1C(F)(F)F. The summed E-state index contributed by atoms with van der Waals surface area (Å²) in [6, 6.07) is 3.40. The molecule has 0 bridgehead atoms. The Morgan fingerprint density at radius 2 is 1.85 bits per heavy atom. The van der Waals surface area contributed by atoms with Gasteiger partial charge in [-0.2, -0.15) is 13.2 Å². The zero-order valence-electron chi connectivity index (χ0n) is 11.4. The molecule has 0 radical (unpaired) electrons. The van der Waals surface area contributed by atoms with Crippen molar-refractivity contribution in [1.82, 2.24) is 0 Å². The Kier molecular flexibility index (Phi) is 4.37. The first-order chi connectivity index (χ1) is 9.30. The van der Waals surface area contributed by atoms with Gasteiger partial charge in [0, 0.05) is 6.04 Å². The van der Waals surface area contributed by atoms with Gasteiger partial charge in [-0.25, -0.2) is 4.39 Å². The molecule has 2 rings (SSSR count). The molecule has 1 aromatic carbocycles. The van der Waals surface area contributed by atoms with Crippen molar-refractivity contribution in [3.8, 4) is 0 Å². The molecule has 0 spiro atoms. The number of hydrogen-bond acceptors (Lipinski definition) is 1.